The second kappa shape index (κ2) is 200. The van der Waals surface area contributed by atoms with E-state index in [1.165, 1.54) is 0 Å². The molecule has 0 aliphatic rings. The van der Waals surface area contributed by atoms with Crippen molar-refractivity contribution in [3.05, 3.63) is 59.4 Å². The molecule has 0 spiro atoms. The van der Waals surface area contributed by atoms with Crippen molar-refractivity contribution in [3.8, 4) is 0 Å². The van der Waals surface area contributed by atoms with E-state index in [9.17, 15) is 0 Å². The van der Waals surface area contributed by atoms with Crippen LogP contribution in [0.1, 0.15) is 7.43 Å². The second-order valence-corrected chi connectivity index (χ2v) is 0. The zero-order chi connectivity index (χ0) is 0. The summed E-state index contributed by atoms with van der Waals surface area (Å²) in [5, 5.41) is 0. The first-order chi connectivity index (χ1) is 0. The molecule has 0 saturated carbocycles. The molecule has 0 rings (SSSR count). The Hall–Kier alpha value is 4.42. The van der Waals surface area contributed by atoms with Crippen molar-refractivity contribution in [2.45, 2.75) is 7.43 Å². The number of hydrogen-bond acceptors (Lipinski definition) is 0. The third-order valence-corrected chi connectivity index (χ3v) is 0. The van der Waals surface area contributed by atoms with Crippen LogP contribution < -0.4 is 0 Å². The molecular weight excluding hydrogens is 464 g/mol. The fourth-order valence-corrected chi connectivity index (χ4v) is 0. The van der Waals surface area contributed by atoms with E-state index >= 15 is 0 Å². The van der Waals surface area contributed by atoms with Crippen molar-refractivity contribution in [2.75, 3.05) is 0 Å². The van der Waals surface area contributed by atoms with Gasteiger partial charge in [-0.3, -0.25) is 0 Å². The van der Waals surface area contributed by atoms with Gasteiger partial charge in [0.05, 0.1) is 0 Å². The average Bonchev–Trinajstić information content (AvgIpc) is 0. The summed E-state index contributed by atoms with van der Waals surface area (Å²) in [5.74, 6) is 0. The molecule has 0 aliphatic carbocycles. The Morgan fingerprint density at radius 1 is 0.231 bits per heavy atom. The predicted octanol–water partition coefficient (Wildman–Crippen LogP) is 4.23. The monoisotopic (exact) mass is 492 g/mol. The molecule has 0 nitrogen and oxygen atoms in total. The second-order valence-electron chi connectivity index (χ2n) is 0. The molecule has 0 N–H and O–H groups in total. The molecule has 4 radical (unpaired) electrons. The van der Waals surface area contributed by atoms with Crippen LogP contribution in [0, 0.1) is 59.4 Å². The molecule has 0 saturated heterocycles. The molecule has 0 heterocycles. The van der Waals surface area contributed by atoms with Crippen LogP contribution >= 0.6 is 0 Å². The van der Waals surface area contributed by atoms with Gasteiger partial charge in [-0.15, -0.1) is 0 Å². The van der Waals surface area contributed by atoms with Crippen LogP contribution in [0.25, 0.3) is 0 Å². The largest absolute Gasteiger partial charge is 0.358 e. The van der Waals surface area contributed by atoms with Gasteiger partial charge in [-0.2, -0.15) is 0 Å². The summed E-state index contributed by atoms with van der Waals surface area (Å²) < 4.78 is 0. The molecule has 0 atom stereocenters. The first-order valence-corrected chi connectivity index (χ1v) is 0. The molecule has 0 amide bonds. The maximum Gasteiger partial charge on any atom is 0 e. The van der Waals surface area contributed by atoms with Gasteiger partial charge in [0.25, 0.3) is 0 Å². The van der Waals surface area contributed by atoms with Gasteiger partial charge < -0.3 is 59.4 Å². The molecule has 0 fully saturated rings. The summed E-state index contributed by atoms with van der Waals surface area (Å²) >= 11 is 0. The Morgan fingerprint density at radius 3 is 0.231 bits per heavy atom. The first kappa shape index (κ1) is 241. The Bertz CT molecular complexity index is 11.6. The van der Waals surface area contributed by atoms with E-state index in [0.29, 0.717) is 0 Å². The molecule has 0 aliphatic heterocycles. The normalized spacial score (nSPS) is 0. The van der Waals surface area contributed by atoms with Crippen LogP contribution in [-0.4, -0.2) is 0 Å². The van der Waals surface area contributed by atoms with Crippen LogP contribution in [-0.2, 0) is 131 Å². The van der Waals surface area contributed by atoms with Gasteiger partial charge in [-0.1, -0.05) is 7.43 Å². The van der Waals surface area contributed by atoms with Gasteiger partial charge in [0.1, 0.15) is 0 Å². The third kappa shape index (κ3) is 175. The standard InChI is InChI=1S/CH4.8CH3.4Y/h1H4;8*1H3;;;;/q;8*-1;;;;. The Labute approximate surface area is 193 Å². The zero-order valence-electron chi connectivity index (χ0n) is 10.3. The SMILES string of the molecule is C.[CH3-].[CH3-].[CH3-].[CH3-].[CH3-].[CH3-].[CH3-].[CH3-].[Y].[Y].[Y].[Y]. The van der Waals surface area contributed by atoms with Crippen LogP contribution in [0.3, 0.4) is 0 Å². The summed E-state index contributed by atoms with van der Waals surface area (Å²) in [6, 6.07) is 0. The van der Waals surface area contributed by atoms with E-state index in [1.54, 1.807) is 0 Å². The Kier molecular flexibility index (Phi) is 3700. The minimum atomic E-state index is 0. The molecule has 0 aromatic carbocycles. The smallest absolute Gasteiger partial charge is 0 e. The quantitative estimate of drug-likeness (QED) is 0.445. The minimum absolute atomic E-state index is 0. The van der Waals surface area contributed by atoms with Gasteiger partial charge in [-0.25, -0.2) is 0 Å². The van der Waals surface area contributed by atoms with E-state index in [0.717, 1.165) is 0 Å². The summed E-state index contributed by atoms with van der Waals surface area (Å²) in [7, 11) is 0. The van der Waals surface area contributed by atoms with Crippen molar-refractivity contribution >= 4 is 0 Å². The zero-order valence-corrected chi connectivity index (χ0v) is 21.7. The van der Waals surface area contributed by atoms with E-state index < -0.39 is 0 Å². The molecular formula is C9H28Y4-8. The summed E-state index contributed by atoms with van der Waals surface area (Å²) in [6.07, 6.45) is 0. The molecule has 0 aromatic heterocycles. The van der Waals surface area contributed by atoms with Crippen LogP contribution in [0.4, 0.5) is 0 Å². The molecule has 0 bridgehead atoms. The maximum atomic E-state index is 0. The molecule has 0 unspecified atom stereocenters. The number of hydrogen-bond donors (Lipinski definition) is 0. The van der Waals surface area contributed by atoms with E-state index in [1.807, 2.05) is 0 Å². The predicted molar refractivity (Wildman–Crippen MR) is 58.0 cm³/mol. The van der Waals surface area contributed by atoms with E-state index in [-0.39, 0.29) is 198 Å². The molecule has 4 heteroatoms. The van der Waals surface area contributed by atoms with E-state index in [2.05, 4.69) is 0 Å². The summed E-state index contributed by atoms with van der Waals surface area (Å²) in [6.45, 7) is 0. The third-order valence-electron chi connectivity index (χ3n) is 0. The molecule has 84 valence electrons. The van der Waals surface area contributed by atoms with Crippen LogP contribution in [0.2, 0.25) is 0 Å². The van der Waals surface area contributed by atoms with Crippen molar-refractivity contribution in [1.29, 1.82) is 0 Å². The summed E-state index contributed by atoms with van der Waals surface area (Å²) in [5.41, 5.74) is 0. The van der Waals surface area contributed by atoms with Crippen molar-refractivity contribution in [1.82, 2.24) is 0 Å². The van der Waals surface area contributed by atoms with Gasteiger partial charge in [0.15, 0.2) is 0 Å². The van der Waals surface area contributed by atoms with Gasteiger partial charge in [-0.05, 0) is 0 Å². The van der Waals surface area contributed by atoms with Crippen molar-refractivity contribution in [2.24, 2.45) is 0 Å². The molecule has 0 aromatic rings. The maximum absolute atomic E-state index is 0. The Balaban J connectivity index is 0. The minimum Gasteiger partial charge on any atom is -0.358 e. The van der Waals surface area contributed by atoms with Crippen molar-refractivity contribution < 1.29 is 131 Å². The topological polar surface area (TPSA) is 0 Å². The fourth-order valence-electron chi connectivity index (χ4n) is 0. The Morgan fingerprint density at radius 2 is 0.231 bits per heavy atom. The van der Waals surface area contributed by atoms with Gasteiger partial charge in [0.2, 0.25) is 0 Å². The fraction of sp³-hybridized carbons (Fsp3) is 0.111. The van der Waals surface area contributed by atoms with Gasteiger partial charge >= 0.3 is 0 Å². The summed E-state index contributed by atoms with van der Waals surface area (Å²) in [4.78, 5) is 0. The van der Waals surface area contributed by atoms with Gasteiger partial charge in [0, 0.05) is 131 Å². The number of rotatable bonds is 0. The van der Waals surface area contributed by atoms with E-state index in [4.69, 9.17) is 0 Å². The average molecular weight is 492 g/mol. The van der Waals surface area contributed by atoms with Crippen LogP contribution in [0.15, 0.2) is 0 Å². The van der Waals surface area contributed by atoms with Crippen LogP contribution in [0.5, 0.6) is 0 Å². The molecule has 13 heavy (non-hydrogen) atoms. The van der Waals surface area contributed by atoms with Crippen molar-refractivity contribution in [3.63, 3.8) is 0 Å². The first-order valence-electron chi connectivity index (χ1n) is 0.